The maximum absolute atomic E-state index is 13.0. The standard InChI is InChI=1S/C25H32N6O2/c1-15(2)29(4)18-6-8-19(9-7-18)31-22-10-16(3)20(12-21(22)28-25(31)32)17-11-23(33-5)24-26-14-27-30(24)13-17/h10-15,18-19H,6-9H2,1-5H3,(H,28,32). The second-order valence-corrected chi connectivity index (χ2v) is 9.53. The van der Waals surface area contributed by atoms with Crippen molar-refractivity contribution in [1.29, 1.82) is 0 Å². The van der Waals surface area contributed by atoms with E-state index >= 15 is 0 Å². The van der Waals surface area contributed by atoms with Gasteiger partial charge in [0.25, 0.3) is 0 Å². The van der Waals surface area contributed by atoms with Crippen LogP contribution in [-0.2, 0) is 0 Å². The fourth-order valence-corrected chi connectivity index (χ4v) is 5.29. The number of rotatable bonds is 5. The van der Waals surface area contributed by atoms with Crippen LogP contribution in [0.3, 0.4) is 0 Å². The summed E-state index contributed by atoms with van der Waals surface area (Å²) in [6.45, 7) is 6.57. The Kier molecular flexibility index (Phi) is 5.48. The predicted octanol–water partition coefficient (Wildman–Crippen LogP) is 4.18. The monoisotopic (exact) mass is 448 g/mol. The summed E-state index contributed by atoms with van der Waals surface area (Å²) in [5, 5.41) is 4.27. The Morgan fingerprint density at radius 3 is 2.64 bits per heavy atom. The SMILES string of the molecule is COc1cc(-c2cc3[nH]c(=O)n(C4CCC(N(C)C(C)C)CC4)c3cc2C)cn2ncnc12. The van der Waals surface area contributed by atoms with E-state index in [4.69, 9.17) is 4.74 Å². The van der Waals surface area contributed by atoms with Gasteiger partial charge in [-0.3, -0.25) is 4.57 Å². The van der Waals surface area contributed by atoms with Crippen LogP contribution in [0.4, 0.5) is 0 Å². The van der Waals surface area contributed by atoms with E-state index in [0.717, 1.165) is 53.4 Å². The van der Waals surface area contributed by atoms with Crippen molar-refractivity contribution >= 4 is 16.7 Å². The van der Waals surface area contributed by atoms with E-state index in [1.165, 1.54) is 6.33 Å². The number of nitrogens with one attached hydrogen (secondary N) is 1. The van der Waals surface area contributed by atoms with E-state index < -0.39 is 0 Å². The lowest BCUT2D eigenvalue weighted by Gasteiger charge is -2.37. The van der Waals surface area contributed by atoms with Gasteiger partial charge in [0.2, 0.25) is 0 Å². The molecule has 33 heavy (non-hydrogen) atoms. The molecule has 0 amide bonds. The molecule has 1 aromatic carbocycles. The first-order valence-corrected chi connectivity index (χ1v) is 11.7. The summed E-state index contributed by atoms with van der Waals surface area (Å²) in [5.74, 6) is 0.665. The zero-order valence-corrected chi connectivity index (χ0v) is 20.0. The van der Waals surface area contributed by atoms with Gasteiger partial charge in [-0.05, 0) is 82.8 Å². The Balaban J connectivity index is 1.51. The molecule has 8 heteroatoms. The summed E-state index contributed by atoms with van der Waals surface area (Å²) in [7, 11) is 3.85. The Morgan fingerprint density at radius 1 is 1.18 bits per heavy atom. The zero-order chi connectivity index (χ0) is 23.3. The van der Waals surface area contributed by atoms with E-state index in [1.54, 1.807) is 11.6 Å². The summed E-state index contributed by atoms with van der Waals surface area (Å²) < 4.78 is 9.23. The van der Waals surface area contributed by atoms with Gasteiger partial charge >= 0.3 is 5.69 Å². The van der Waals surface area contributed by atoms with Gasteiger partial charge in [-0.2, -0.15) is 5.10 Å². The number of hydrogen-bond acceptors (Lipinski definition) is 5. The molecule has 174 valence electrons. The van der Waals surface area contributed by atoms with Gasteiger partial charge in [0.05, 0.1) is 18.1 Å². The highest BCUT2D eigenvalue weighted by Crippen LogP contribution is 2.35. The molecule has 0 bridgehead atoms. The highest BCUT2D eigenvalue weighted by Gasteiger charge is 2.28. The molecule has 0 saturated heterocycles. The van der Waals surface area contributed by atoms with Gasteiger partial charge in [-0.1, -0.05) is 0 Å². The van der Waals surface area contributed by atoms with Gasteiger partial charge in [-0.25, -0.2) is 14.3 Å². The van der Waals surface area contributed by atoms with Crippen LogP contribution >= 0.6 is 0 Å². The summed E-state index contributed by atoms with van der Waals surface area (Å²) in [4.78, 5) is 22.8. The average Bonchev–Trinajstić information content (AvgIpc) is 3.40. The molecule has 1 fully saturated rings. The van der Waals surface area contributed by atoms with Gasteiger partial charge < -0.3 is 14.6 Å². The normalized spacial score (nSPS) is 19.2. The van der Waals surface area contributed by atoms with E-state index in [2.05, 4.69) is 59.9 Å². The van der Waals surface area contributed by atoms with Crippen molar-refractivity contribution < 1.29 is 4.74 Å². The van der Waals surface area contributed by atoms with Crippen molar-refractivity contribution in [2.45, 2.75) is 64.6 Å². The average molecular weight is 449 g/mol. The third-order valence-electron chi connectivity index (χ3n) is 7.36. The van der Waals surface area contributed by atoms with Crippen LogP contribution in [0.25, 0.3) is 27.8 Å². The minimum atomic E-state index is -0.0217. The fraction of sp³-hybridized carbons (Fsp3) is 0.480. The lowest BCUT2D eigenvalue weighted by molar-refractivity contribution is 0.137. The number of aromatic amines is 1. The Hall–Kier alpha value is -3.13. The van der Waals surface area contributed by atoms with E-state index in [1.807, 2.05) is 16.8 Å². The highest BCUT2D eigenvalue weighted by atomic mass is 16.5. The molecule has 0 aliphatic heterocycles. The van der Waals surface area contributed by atoms with Crippen LogP contribution in [0, 0.1) is 6.92 Å². The Labute approximate surface area is 193 Å². The van der Waals surface area contributed by atoms with Gasteiger partial charge in [0.15, 0.2) is 11.4 Å². The number of ether oxygens (including phenoxy) is 1. The zero-order valence-electron chi connectivity index (χ0n) is 20.0. The number of fused-ring (bicyclic) bond motifs is 2. The lowest BCUT2D eigenvalue weighted by atomic mass is 9.89. The quantitative estimate of drug-likeness (QED) is 0.495. The number of benzene rings is 1. The number of imidazole rings is 1. The number of pyridine rings is 1. The molecule has 0 spiro atoms. The molecular weight excluding hydrogens is 416 g/mol. The largest absolute Gasteiger partial charge is 0.493 e. The molecule has 8 nitrogen and oxygen atoms in total. The highest BCUT2D eigenvalue weighted by molar-refractivity contribution is 5.85. The van der Waals surface area contributed by atoms with Crippen molar-refractivity contribution in [3.8, 4) is 16.9 Å². The topological polar surface area (TPSA) is 80.5 Å². The Morgan fingerprint density at radius 2 is 1.94 bits per heavy atom. The molecule has 1 N–H and O–H groups in total. The van der Waals surface area contributed by atoms with Crippen LogP contribution in [0.2, 0.25) is 0 Å². The summed E-state index contributed by atoms with van der Waals surface area (Å²) in [6.07, 6.45) is 7.75. The predicted molar refractivity (Wildman–Crippen MR) is 130 cm³/mol. The van der Waals surface area contributed by atoms with Crippen molar-refractivity contribution in [3.63, 3.8) is 0 Å². The minimum absolute atomic E-state index is 0.0217. The minimum Gasteiger partial charge on any atom is -0.493 e. The van der Waals surface area contributed by atoms with Crippen LogP contribution in [-0.4, -0.2) is 55.3 Å². The first kappa shape index (κ1) is 21.7. The van der Waals surface area contributed by atoms with Crippen LogP contribution < -0.4 is 10.4 Å². The van der Waals surface area contributed by atoms with E-state index in [9.17, 15) is 4.79 Å². The van der Waals surface area contributed by atoms with Crippen molar-refractivity contribution in [3.05, 3.63) is 46.8 Å². The molecular formula is C25H32N6O2. The summed E-state index contributed by atoms with van der Waals surface area (Å²) in [6, 6.07) is 7.54. The van der Waals surface area contributed by atoms with Crippen LogP contribution in [0.15, 0.2) is 35.5 Å². The van der Waals surface area contributed by atoms with Gasteiger partial charge in [-0.15, -0.1) is 0 Å². The molecule has 3 aromatic heterocycles. The number of aryl methyl sites for hydroxylation is 1. The molecule has 1 aliphatic rings. The first-order chi connectivity index (χ1) is 15.9. The molecule has 0 atom stereocenters. The maximum atomic E-state index is 13.0. The smallest absolute Gasteiger partial charge is 0.326 e. The van der Waals surface area contributed by atoms with Gasteiger partial charge in [0, 0.05) is 29.9 Å². The second-order valence-electron chi connectivity index (χ2n) is 9.53. The summed E-state index contributed by atoms with van der Waals surface area (Å²) >= 11 is 0. The number of methoxy groups -OCH3 is 1. The number of hydrogen-bond donors (Lipinski definition) is 1. The fourth-order valence-electron chi connectivity index (χ4n) is 5.29. The van der Waals surface area contributed by atoms with Crippen molar-refractivity contribution in [2.24, 2.45) is 0 Å². The molecule has 0 radical (unpaired) electrons. The molecule has 5 rings (SSSR count). The molecule has 1 saturated carbocycles. The van der Waals surface area contributed by atoms with Crippen LogP contribution in [0.1, 0.15) is 51.1 Å². The molecule has 0 unspecified atom stereocenters. The molecule has 4 aromatic rings. The van der Waals surface area contributed by atoms with Crippen LogP contribution in [0.5, 0.6) is 5.75 Å². The van der Waals surface area contributed by atoms with Crippen molar-refractivity contribution in [2.75, 3.05) is 14.2 Å². The first-order valence-electron chi connectivity index (χ1n) is 11.7. The number of nitrogens with zero attached hydrogens (tertiary/aromatic N) is 5. The van der Waals surface area contributed by atoms with E-state index in [-0.39, 0.29) is 11.7 Å². The number of H-pyrrole nitrogens is 1. The van der Waals surface area contributed by atoms with Gasteiger partial charge in [0.1, 0.15) is 6.33 Å². The third-order valence-corrected chi connectivity index (χ3v) is 7.36. The number of aromatic nitrogens is 5. The lowest BCUT2D eigenvalue weighted by Crippen LogP contribution is -2.40. The summed E-state index contributed by atoms with van der Waals surface area (Å²) in [5.41, 5.74) is 5.61. The van der Waals surface area contributed by atoms with E-state index in [0.29, 0.717) is 23.5 Å². The molecule has 1 aliphatic carbocycles. The molecule has 3 heterocycles. The maximum Gasteiger partial charge on any atom is 0.326 e. The van der Waals surface area contributed by atoms with Crippen molar-refractivity contribution in [1.82, 2.24) is 29.0 Å². The Bertz CT molecular complexity index is 1360. The second kappa shape index (κ2) is 8.33. The third kappa shape index (κ3) is 3.72.